The van der Waals surface area contributed by atoms with Crippen LogP contribution in [0.3, 0.4) is 0 Å². The van der Waals surface area contributed by atoms with Gasteiger partial charge in [-0.25, -0.2) is 0 Å². The van der Waals surface area contributed by atoms with Gasteiger partial charge < -0.3 is 15.2 Å². The molecule has 1 aliphatic carbocycles. The van der Waals surface area contributed by atoms with Crippen LogP contribution in [0, 0.1) is 0 Å². The lowest BCUT2D eigenvalue weighted by Crippen LogP contribution is -2.47. The first-order valence-corrected chi connectivity index (χ1v) is 7.37. The molecule has 3 rings (SSSR count). The van der Waals surface area contributed by atoms with E-state index in [9.17, 15) is 0 Å². The van der Waals surface area contributed by atoms with E-state index in [2.05, 4.69) is 31.0 Å². The maximum atomic E-state index is 6.49. The van der Waals surface area contributed by atoms with Gasteiger partial charge in [0.05, 0.1) is 13.2 Å². The Morgan fingerprint density at radius 2 is 2.15 bits per heavy atom. The van der Waals surface area contributed by atoms with E-state index < -0.39 is 0 Å². The fourth-order valence-corrected chi connectivity index (χ4v) is 3.65. The van der Waals surface area contributed by atoms with Crippen molar-refractivity contribution in [2.45, 2.75) is 44.0 Å². The summed E-state index contributed by atoms with van der Waals surface area (Å²) >= 11 is 0. The van der Waals surface area contributed by atoms with Gasteiger partial charge in [0.1, 0.15) is 5.75 Å². The minimum Gasteiger partial charge on any atom is -0.497 e. The Bertz CT molecular complexity index is 491. The van der Waals surface area contributed by atoms with Gasteiger partial charge in [0.2, 0.25) is 0 Å². The van der Waals surface area contributed by atoms with Gasteiger partial charge in [-0.3, -0.25) is 4.90 Å². The summed E-state index contributed by atoms with van der Waals surface area (Å²) < 4.78 is 11.0. The van der Waals surface area contributed by atoms with Gasteiger partial charge in [0, 0.05) is 24.7 Å². The summed E-state index contributed by atoms with van der Waals surface area (Å²) in [5.74, 6) is 0.889. The van der Waals surface area contributed by atoms with Gasteiger partial charge in [-0.05, 0) is 50.1 Å². The van der Waals surface area contributed by atoms with E-state index in [0.29, 0.717) is 18.2 Å². The molecule has 4 unspecified atom stereocenters. The molecular weight excluding hydrogens is 252 g/mol. The summed E-state index contributed by atoms with van der Waals surface area (Å²) in [6.45, 7) is 3.02. The van der Waals surface area contributed by atoms with Gasteiger partial charge >= 0.3 is 0 Å². The van der Waals surface area contributed by atoms with Crippen molar-refractivity contribution in [1.82, 2.24) is 4.90 Å². The minimum atomic E-state index is 0.0536. The molecule has 0 aromatic heterocycles. The lowest BCUT2D eigenvalue weighted by Gasteiger charge is -2.34. The zero-order valence-corrected chi connectivity index (χ0v) is 12.5. The van der Waals surface area contributed by atoms with Crippen LogP contribution < -0.4 is 10.5 Å². The Morgan fingerprint density at radius 3 is 2.80 bits per heavy atom. The van der Waals surface area contributed by atoms with E-state index in [1.54, 1.807) is 7.11 Å². The molecule has 20 heavy (non-hydrogen) atoms. The number of nitrogens with zero attached hydrogens (tertiary/aromatic N) is 1. The normalized spacial score (nSPS) is 32.6. The van der Waals surface area contributed by atoms with Crippen LogP contribution in [0.5, 0.6) is 5.75 Å². The van der Waals surface area contributed by atoms with Crippen molar-refractivity contribution in [3.8, 4) is 5.75 Å². The Kier molecular flexibility index (Phi) is 3.71. The third kappa shape index (κ3) is 2.22. The number of likely N-dealkylation sites (N-methyl/N-ethyl adjacent to an activating group) is 1. The van der Waals surface area contributed by atoms with Gasteiger partial charge in [-0.15, -0.1) is 0 Å². The molecule has 4 atom stereocenters. The minimum absolute atomic E-state index is 0.0536. The quantitative estimate of drug-likeness (QED) is 0.913. The summed E-state index contributed by atoms with van der Waals surface area (Å²) in [6.07, 6.45) is 2.41. The molecule has 1 heterocycles. The lowest BCUT2D eigenvalue weighted by molar-refractivity contribution is 0.0641. The lowest BCUT2D eigenvalue weighted by atomic mass is 10.0. The maximum Gasteiger partial charge on any atom is 0.119 e. The fraction of sp³-hybridized carbons (Fsp3) is 0.625. The number of nitrogens with two attached hydrogens (primary N) is 1. The van der Waals surface area contributed by atoms with Crippen molar-refractivity contribution >= 4 is 0 Å². The van der Waals surface area contributed by atoms with Crippen LogP contribution in [0.4, 0.5) is 0 Å². The van der Waals surface area contributed by atoms with E-state index in [1.807, 2.05) is 6.07 Å². The van der Waals surface area contributed by atoms with Crippen molar-refractivity contribution in [3.05, 3.63) is 29.3 Å². The highest BCUT2D eigenvalue weighted by Gasteiger charge is 2.38. The van der Waals surface area contributed by atoms with Gasteiger partial charge in [-0.1, -0.05) is 6.07 Å². The van der Waals surface area contributed by atoms with Crippen molar-refractivity contribution in [3.63, 3.8) is 0 Å². The number of methoxy groups -OCH3 is 1. The van der Waals surface area contributed by atoms with Crippen molar-refractivity contribution < 1.29 is 9.47 Å². The highest BCUT2D eigenvalue weighted by atomic mass is 16.5. The largest absolute Gasteiger partial charge is 0.497 e. The predicted molar refractivity (Wildman–Crippen MR) is 79.0 cm³/mol. The number of fused-ring (bicyclic) bond motifs is 1. The number of hydrogen-bond donors (Lipinski definition) is 1. The standard InChI is InChI=1S/C16H24N2O2/c1-10-14(6-7-20-10)18(2)15-8-11-4-5-12(19-3)9-13(11)16(15)17/h4-5,9-10,14-16H,6-8,17H2,1-3H3. The van der Waals surface area contributed by atoms with Crippen LogP contribution in [0.1, 0.15) is 30.5 Å². The molecular formula is C16H24N2O2. The van der Waals surface area contributed by atoms with Crippen molar-refractivity contribution in [1.29, 1.82) is 0 Å². The molecule has 0 bridgehead atoms. The number of benzene rings is 1. The highest BCUT2D eigenvalue weighted by Crippen LogP contribution is 2.36. The third-order valence-electron chi connectivity index (χ3n) is 4.94. The molecule has 1 aromatic rings. The average molecular weight is 276 g/mol. The molecule has 2 aliphatic rings. The molecule has 0 spiro atoms. The van der Waals surface area contributed by atoms with E-state index in [-0.39, 0.29) is 6.04 Å². The SMILES string of the molecule is COc1ccc2c(c1)C(N)C(N(C)C1CCOC1C)C2. The fourth-order valence-electron chi connectivity index (χ4n) is 3.65. The molecule has 1 saturated heterocycles. The van der Waals surface area contributed by atoms with Crippen LogP contribution >= 0.6 is 0 Å². The second-order valence-corrected chi connectivity index (χ2v) is 5.96. The zero-order valence-electron chi connectivity index (χ0n) is 12.5. The molecule has 2 N–H and O–H groups in total. The van der Waals surface area contributed by atoms with Crippen LogP contribution in [0.2, 0.25) is 0 Å². The Labute approximate surface area is 120 Å². The Morgan fingerprint density at radius 1 is 1.35 bits per heavy atom. The summed E-state index contributed by atoms with van der Waals surface area (Å²) in [4.78, 5) is 2.43. The molecule has 0 radical (unpaired) electrons. The number of hydrogen-bond acceptors (Lipinski definition) is 4. The van der Waals surface area contributed by atoms with Gasteiger partial charge in [0.25, 0.3) is 0 Å². The summed E-state index contributed by atoms with van der Waals surface area (Å²) in [5, 5.41) is 0. The van der Waals surface area contributed by atoms with Crippen molar-refractivity contribution in [2.24, 2.45) is 5.73 Å². The first-order chi connectivity index (χ1) is 9.61. The zero-order chi connectivity index (χ0) is 14.3. The average Bonchev–Trinajstić information content (AvgIpc) is 3.02. The van der Waals surface area contributed by atoms with Crippen LogP contribution in [-0.4, -0.2) is 43.9 Å². The van der Waals surface area contributed by atoms with Gasteiger partial charge in [-0.2, -0.15) is 0 Å². The summed E-state index contributed by atoms with van der Waals surface area (Å²) in [7, 11) is 3.88. The molecule has 1 aromatic carbocycles. The third-order valence-corrected chi connectivity index (χ3v) is 4.94. The van der Waals surface area contributed by atoms with Gasteiger partial charge in [0.15, 0.2) is 0 Å². The topological polar surface area (TPSA) is 47.7 Å². The van der Waals surface area contributed by atoms with Crippen LogP contribution in [-0.2, 0) is 11.2 Å². The van der Waals surface area contributed by atoms with Crippen molar-refractivity contribution in [2.75, 3.05) is 20.8 Å². The molecule has 4 heteroatoms. The summed E-state index contributed by atoms with van der Waals surface area (Å²) in [6, 6.07) is 7.14. The molecule has 0 saturated carbocycles. The van der Waals surface area contributed by atoms with E-state index >= 15 is 0 Å². The van der Waals surface area contributed by atoms with Crippen LogP contribution in [0.15, 0.2) is 18.2 Å². The second kappa shape index (κ2) is 5.35. The molecule has 1 fully saturated rings. The first kappa shape index (κ1) is 13.9. The highest BCUT2D eigenvalue weighted by molar-refractivity contribution is 5.42. The second-order valence-electron chi connectivity index (χ2n) is 5.96. The van der Waals surface area contributed by atoms with Crippen LogP contribution in [0.25, 0.3) is 0 Å². The van der Waals surface area contributed by atoms with E-state index in [0.717, 1.165) is 25.2 Å². The first-order valence-electron chi connectivity index (χ1n) is 7.37. The maximum absolute atomic E-state index is 6.49. The number of ether oxygens (including phenoxy) is 2. The smallest absolute Gasteiger partial charge is 0.119 e. The molecule has 1 aliphatic heterocycles. The Hall–Kier alpha value is -1.10. The predicted octanol–water partition coefficient (Wildman–Crippen LogP) is 1.73. The molecule has 4 nitrogen and oxygen atoms in total. The Balaban J connectivity index is 1.80. The molecule has 0 amide bonds. The monoisotopic (exact) mass is 276 g/mol. The van der Waals surface area contributed by atoms with E-state index in [1.165, 1.54) is 11.1 Å². The van der Waals surface area contributed by atoms with E-state index in [4.69, 9.17) is 15.2 Å². The molecule has 110 valence electrons. The summed E-state index contributed by atoms with van der Waals surface area (Å²) in [5.41, 5.74) is 9.07. The number of rotatable bonds is 3.